The summed E-state index contributed by atoms with van der Waals surface area (Å²) in [6.07, 6.45) is 7.38. The molecule has 0 saturated carbocycles. The Morgan fingerprint density at radius 3 is 2.60 bits per heavy atom. The second-order valence-corrected chi connectivity index (χ2v) is 11.1. The standard InChI is InChI=1S/C22H24N2O4S2/c25-19(11-10-15-6-2-1-3-7-15)24-22-20(17-8-4-5-9-18(17)29-22)21(26)23-16-12-13-30(27,28)14-16/h1-3,6-7,10-11,16H,4-5,8-9,12-14H2,(H,23,26)(H,24,25). The Morgan fingerprint density at radius 2 is 1.87 bits per heavy atom. The first-order valence-electron chi connectivity index (χ1n) is 10.1. The number of hydrogen-bond donors (Lipinski definition) is 2. The molecule has 2 heterocycles. The maximum Gasteiger partial charge on any atom is 0.254 e. The number of fused-ring (bicyclic) bond motifs is 1. The molecule has 1 unspecified atom stereocenters. The number of aryl methyl sites for hydroxylation is 1. The van der Waals surface area contributed by atoms with Gasteiger partial charge >= 0.3 is 0 Å². The minimum absolute atomic E-state index is 0.0213. The lowest BCUT2D eigenvalue weighted by Gasteiger charge is -2.15. The van der Waals surface area contributed by atoms with Gasteiger partial charge in [-0.2, -0.15) is 0 Å². The third-order valence-corrected chi connectivity index (χ3v) is 8.40. The van der Waals surface area contributed by atoms with Crippen molar-refractivity contribution in [2.24, 2.45) is 0 Å². The van der Waals surface area contributed by atoms with Crippen molar-refractivity contribution in [1.29, 1.82) is 0 Å². The number of carbonyl (C=O) groups excluding carboxylic acids is 2. The van der Waals surface area contributed by atoms with Gasteiger partial charge in [0, 0.05) is 17.0 Å². The zero-order chi connectivity index (χ0) is 21.1. The highest BCUT2D eigenvalue weighted by Crippen LogP contribution is 2.38. The minimum atomic E-state index is -3.08. The Labute approximate surface area is 180 Å². The molecule has 0 spiro atoms. The molecular formula is C22H24N2O4S2. The molecule has 158 valence electrons. The Morgan fingerprint density at radius 1 is 1.10 bits per heavy atom. The van der Waals surface area contributed by atoms with E-state index in [1.807, 2.05) is 30.3 Å². The van der Waals surface area contributed by atoms with Crippen LogP contribution in [0.25, 0.3) is 6.08 Å². The van der Waals surface area contributed by atoms with E-state index >= 15 is 0 Å². The molecule has 2 N–H and O–H groups in total. The zero-order valence-electron chi connectivity index (χ0n) is 16.5. The van der Waals surface area contributed by atoms with E-state index in [4.69, 9.17) is 0 Å². The molecule has 1 fully saturated rings. The number of nitrogens with one attached hydrogen (secondary N) is 2. The van der Waals surface area contributed by atoms with E-state index < -0.39 is 9.84 Å². The van der Waals surface area contributed by atoms with Gasteiger partial charge in [-0.25, -0.2) is 8.42 Å². The monoisotopic (exact) mass is 444 g/mol. The Hall–Kier alpha value is -2.45. The molecule has 1 saturated heterocycles. The molecule has 2 aromatic rings. The predicted molar refractivity (Wildman–Crippen MR) is 120 cm³/mol. The third-order valence-electron chi connectivity index (χ3n) is 5.43. The van der Waals surface area contributed by atoms with Crippen LogP contribution in [0, 0.1) is 0 Å². The highest BCUT2D eigenvalue weighted by Gasteiger charge is 2.32. The summed E-state index contributed by atoms with van der Waals surface area (Å²) in [5.41, 5.74) is 2.41. The van der Waals surface area contributed by atoms with Crippen LogP contribution >= 0.6 is 11.3 Å². The number of benzene rings is 1. The number of sulfone groups is 1. The summed E-state index contributed by atoms with van der Waals surface area (Å²) in [5, 5.41) is 6.30. The van der Waals surface area contributed by atoms with E-state index in [0.29, 0.717) is 17.0 Å². The fourth-order valence-corrected chi connectivity index (χ4v) is 6.91. The van der Waals surface area contributed by atoms with Gasteiger partial charge in [0.05, 0.1) is 17.1 Å². The first-order chi connectivity index (χ1) is 14.4. The van der Waals surface area contributed by atoms with Crippen molar-refractivity contribution < 1.29 is 18.0 Å². The zero-order valence-corrected chi connectivity index (χ0v) is 18.2. The number of anilines is 1. The molecule has 1 atom stereocenters. The van der Waals surface area contributed by atoms with Crippen molar-refractivity contribution in [2.45, 2.75) is 38.1 Å². The predicted octanol–water partition coefficient (Wildman–Crippen LogP) is 3.20. The number of amides is 2. The fourth-order valence-electron chi connectivity index (χ4n) is 3.95. The van der Waals surface area contributed by atoms with Gasteiger partial charge in [-0.1, -0.05) is 30.3 Å². The Kier molecular flexibility index (Phi) is 6.06. The lowest BCUT2D eigenvalue weighted by atomic mass is 9.95. The van der Waals surface area contributed by atoms with Crippen LogP contribution in [-0.2, 0) is 27.5 Å². The first kappa shape index (κ1) is 20.8. The van der Waals surface area contributed by atoms with E-state index in [-0.39, 0.29) is 29.4 Å². The maximum atomic E-state index is 13.1. The topological polar surface area (TPSA) is 92.3 Å². The minimum Gasteiger partial charge on any atom is -0.348 e. The third kappa shape index (κ3) is 4.82. The molecular weight excluding hydrogens is 420 g/mol. The molecule has 6 nitrogen and oxygen atoms in total. The van der Waals surface area contributed by atoms with Gasteiger partial charge in [-0.15, -0.1) is 11.3 Å². The smallest absolute Gasteiger partial charge is 0.254 e. The van der Waals surface area contributed by atoms with Crippen LogP contribution in [0.4, 0.5) is 5.00 Å². The van der Waals surface area contributed by atoms with Crippen LogP contribution in [0.1, 0.15) is 45.6 Å². The van der Waals surface area contributed by atoms with Gasteiger partial charge in [0.1, 0.15) is 5.00 Å². The average Bonchev–Trinajstić information content (AvgIpc) is 3.25. The second-order valence-electron chi connectivity index (χ2n) is 7.72. The van der Waals surface area contributed by atoms with Crippen molar-refractivity contribution in [3.63, 3.8) is 0 Å². The summed E-state index contributed by atoms with van der Waals surface area (Å²) in [4.78, 5) is 26.7. The summed E-state index contributed by atoms with van der Waals surface area (Å²) in [6, 6.07) is 9.15. The quantitative estimate of drug-likeness (QED) is 0.693. The molecule has 8 heteroatoms. The molecule has 1 aromatic carbocycles. The van der Waals surface area contributed by atoms with E-state index in [9.17, 15) is 18.0 Å². The summed E-state index contributed by atoms with van der Waals surface area (Å²) in [5.74, 6) is -0.506. The summed E-state index contributed by atoms with van der Waals surface area (Å²) < 4.78 is 23.5. The van der Waals surface area contributed by atoms with Gasteiger partial charge < -0.3 is 10.6 Å². The molecule has 1 aliphatic heterocycles. The SMILES string of the molecule is O=C(C=Cc1ccccc1)Nc1sc2c(c1C(=O)NC1CCS(=O)(=O)C1)CCCC2. The van der Waals surface area contributed by atoms with Gasteiger partial charge in [-0.3, -0.25) is 9.59 Å². The van der Waals surface area contributed by atoms with Crippen LogP contribution in [0.5, 0.6) is 0 Å². The van der Waals surface area contributed by atoms with Crippen molar-refractivity contribution in [2.75, 3.05) is 16.8 Å². The number of carbonyl (C=O) groups is 2. The second kappa shape index (κ2) is 8.73. The van der Waals surface area contributed by atoms with Crippen molar-refractivity contribution >= 4 is 44.1 Å². The van der Waals surface area contributed by atoms with Gasteiger partial charge in [0.25, 0.3) is 5.91 Å². The maximum absolute atomic E-state index is 13.1. The van der Waals surface area contributed by atoms with Crippen molar-refractivity contribution in [3.05, 3.63) is 58.0 Å². The molecule has 0 bridgehead atoms. The Bertz CT molecular complexity index is 1090. The van der Waals surface area contributed by atoms with Gasteiger partial charge in [-0.05, 0) is 49.3 Å². The largest absolute Gasteiger partial charge is 0.348 e. The fraction of sp³-hybridized carbons (Fsp3) is 0.364. The normalized spacial score (nSPS) is 20.1. The Balaban J connectivity index is 1.54. The van der Waals surface area contributed by atoms with E-state index in [0.717, 1.165) is 41.7 Å². The molecule has 1 aromatic heterocycles. The summed E-state index contributed by atoms with van der Waals surface area (Å²) in [7, 11) is -3.08. The van der Waals surface area contributed by atoms with E-state index in [2.05, 4.69) is 10.6 Å². The molecule has 2 aliphatic rings. The first-order valence-corrected chi connectivity index (χ1v) is 12.7. The van der Waals surface area contributed by atoms with Crippen LogP contribution in [0.15, 0.2) is 36.4 Å². The van der Waals surface area contributed by atoms with Crippen LogP contribution in [-0.4, -0.2) is 37.8 Å². The lowest BCUT2D eigenvalue weighted by Crippen LogP contribution is -2.36. The van der Waals surface area contributed by atoms with E-state index in [1.54, 1.807) is 6.08 Å². The molecule has 2 amide bonds. The van der Waals surface area contributed by atoms with Gasteiger partial charge in [0.15, 0.2) is 9.84 Å². The molecule has 1 aliphatic carbocycles. The van der Waals surface area contributed by atoms with Crippen LogP contribution in [0.2, 0.25) is 0 Å². The molecule has 30 heavy (non-hydrogen) atoms. The number of hydrogen-bond acceptors (Lipinski definition) is 5. The highest BCUT2D eigenvalue weighted by molar-refractivity contribution is 7.91. The van der Waals surface area contributed by atoms with Gasteiger partial charge in [0.2, 0.25) is 5.91 Å². The molecule has 4 rings (SSSR count). The molecule has 0 radical (unpaired) electrons. The van der Waals surface area contributed by atoms with Crippen molar-refractivity contribution in [1.82, 2.24) is 5.32 Å². The summed E-state index contributed by atoms with van der Waals surface area (Å²) >= 11 is 1.45. The van der Waals surface area contributed by atoms with Crippen molar-refractivity contribution in [3.8, 4) is 0 Å². The van der Waals surface area contributed by atoms with Crippen LogP contribution < -0.4 is 10.6 Å². The number of thiophene rings is 1. The van der Waals surface area contributed by atoms with Crippen LogP contribution in [0.3, 0.4) is 0 Å². The van der Waals surface area contributed by atoms with E-state index in [1.165, 1.54) is 17.4 Å². The summed E-state index contributed by atoms with van der Waals surface area (Å²) in [6.45, 7) is 0. The lowest BCUT2D eigenvalue weighted by molar-refractivity contribution is -0.111. The number of rotatable bonds is 5. The average molecular weight is 445 g/mol. The highest BCUT2D eigenvalue weighted by atomic mass is 32.2.